The number of nitrogens with one attached hydrogen (secondary N) is 1. The molecule has 0 heterocycles. The predicted molar refractivity (Wildman–Crippen MR) is 87.8 cm³/mol. The molecule has 5 nitrogen and oxygen atoms in total. The van der Waals surface area contributed by atoms with E-state index < -0.39 is 17.4 Å². The second kappa shape index (κ2) is 8.10. The minimum atomic E-state index is -1.14. The number of carboxylic acid groups (broad SMARTS) is 1. The Morgan fingerprint density at radius 1 is 1.50 bits per heavy atom. The summed E-state index contributed by atoms with van der Waals surface area (Å²) in [4.78, 5) is 23.7. The standard InChI is InChI=1S/C16H20BrNO4/c1-4-8-22-10-13(14(19)20)18-15(21)16(2,3)11-6-5-7-12(17)9-11/h4-7,9,13H,1,8,10H2,2-3H3,(H,18,21)(H,19,20). The van der Waals surface area contributed by atoms with Crippen LogP contribution in [0.4, 0.5) is 0 Å². The molecule has 0 fully saturated rings. The summed E-state index contributed by atoms with van der Waals surface area (Å²) in [5.41, 5.74) is -0.0776. The van der Waals surface area contributed by atoms with Crippen molar-refractivity contribution in [2.45, 2.75) is 25.3 Å². The first-order valence-corrected chi connectivity index (χ1v) is 7.56. The maximum Gasteiger partial charge on any atom is 0.328 e. The summed E-state index contributed by atoms with van der Waals surface area (Å²) < 4.78 is 5.98. The lowest BCUT2D eigenvalue weighted by atomic mass is 9.83. The Hall–Kier alpha value is -1.66. The monoisotopic (exact) mass is 369 g/mol. The van der Waals surface area contributed by atoms with Gasteiger partial charge < -0.3 is 15.2 Å². The third kappa shape index (κ3) is 4.96. The molecule has 6 heteroatoms. The van der Waals surface area contributed by atoms with E-state index in [2.05, 4.69) is 27.8 Å². The molecule has 0 spiro atoms. The molecule has 1 atom stereocenters. The lowest BCUT2D eigenvalue weighted by Gasteiger charge is -2.26. The van der Waals surface area contributed by atoms with Gasteiger partial charge in [-0.3, -0.25) is 4.79 Å². The highest BCUT2D eigenvalue weighted by Gasteiger charge is 2.33. The van der Waals surface area contributed by atoms with E-state index in [0.717, 1.165) is 10.0 Å². The third-order valence-corrected chi connectivity index (χ3v) is 3.73. The fraction of sp³-hybridized carbons (Fsp3) is 0.375. The number of carbonyl (C=O) groups is 2. The van der Waals surface area contributed by atoms with E-state index in [9.17, 15) is 14.7 Å². The normalized spacial score (nSPS) is 12.5. The molecule has 2 N–H and O–H groups in total. The van der Waals surface area contributed by atoms with Crippen LogP contribution in [0.2, 0.25) is 0 Å². The van der Waals surface area contributed by atoms with Gasteiger partial charge in [0.05, 0.1) is 18.6 Å². The average molecular weight is 370 g/mol. The lowest BCUT2D eigenvalue weighted by Crippen LogP contribution is -2.50. The summed E-state index contributed by atoms with van der Waals surface area (Å²) in [6.45, 7) is 7.09. The summed E-state index contributed by atoms with van der Waals surface area (Å²) in [5.74, 6) is -1.51. The van der Waals surface area contributed by atoms with Crippen LogP contribution in [-0.2, 0) is 19.7 Å². The molecule has 120 valence electrons. The molecule has 1 aromatic carbocycles. The molecule has 0 radical (unpaired) electrons. The zero-order chi connectivity index (χ0) is 16.8. The zero-order valence-corrected chi connectivity index (χ0v) is 14.2. The topological polar surface area (TPSA) is 75.6 Å². The van der Waals surface area contributed by atoms with Crippen LogP contribution in [0.3, 0.4) is 0 Å². The Morgan fingerprint density at radius 3 is 2.73 bits per heavy atom. The molecular weight excluding hydrogens is 350 g/mol. The van der Waals surface area contributed by atoms with Crippen LogP contribution < -0.4 is 5.32 Å². The van der Waals surface area contributed by atoms with Gasteiger partial charge in [0.2, 0.25) is 5.91 Å². The second-order valence-corrected chi connectivity index (χ2v) is 6.24. The van der Waals surface area contributed by atoms with Crippen LogP contribution in [0, 0.1) is 0 Å². The number of hydrogen-bond acceptors (Lipinski definition) is 3. The van der Waals surface area contributed by atoms with E-state index in [1.807, 2.05) is 24.3 Å². The molecule has 1 rings (SSSR count). The first-order valence-electron chi connectivity index (χ1n) is 6.77. The molecule has 0 bridgehead atoms. The minimum Gasteiger partial charge on any atom is -0.480 e. The van der Waals surface area contributed by atoms with Gasteiger partial charge >= 0.3 is 5.97 Å². The first kappa shape index (κ1) is 18.4. The fourth-order valence-corrected chi connectivity index (χ4v) is 2.19. The van der Waals surface area contributed by atoms with Gasteiger partial charge in [0, 0.05) is 4.47 Å². The van der Waals surface area contributed by atoms with Crippen LogP contribution in [0.5, 0.6) is 0 Å². The van der Waals surface area contributed by atoms with Crippen molar-refractivity contribution >= 4 is 27.8 Å². The number of aliphatic carboxylic acids is 1. The van der Waals surface area contributed by atoms with Gasteiger partial charge in [-0.25, -0.2) is 4.79 Å². The Labute approximate surface area is 138 Å². The van der Waals surface area contributed by atoms with Crippen LogP contribution >= 0.6 is 15.9 Å². The van der Waals surface area contributed by atoms with E-state index in [4.69, 9.17) is 4.74 Å². The van der Waals surface area contributed by atoms with Crippen molar-refractivity contribution in [3.05, 3.63) is 47.0 Å². The molecule has 0 aliphatic heterocycles. The molecule has 1 amide bonds. The molecule has 1 unspecified atom stereocenters. The summed E-state index contributed by atoms with van der Waals surface area (Å²) in [5, 5.41) is 11.7. The summed E-state index contributed by atoms with van der Waals surface area (Å²) >= 11 is 3.36. The number of halogens is 1. The summed E-state index contributed by atoms with van der Waals surface area (Å²) in [6.07, 6.45) is 1.52. The Balaban J connectivity index is 2.83. The van der Waals surface area contributed by atoms with E-state index in [1.165, 1.54) is 6.08 Å². The number of carboxylic acids is 1. The van der Waals surface area contributed by atoms with Crippen LogP contribution in [0.25, 0.3) is 0 Å². The maximum atomic E-state index is 12.5. The number of rotatable bonds is 8. The number of benzene rings is 1. The van der Waals surface area contributed by atoms with Crippen molar-refractivity contribution in [1.29, 1.82) is 0 Å². The van der Waals surface area contributed by atoms with Crippen LogP contribution in [0.15, 0.2) is 41.4 Å². The van der Waals surface area contributed by atoms with Gasteiger partial charge in [0.25, 0.3) is 0 Å². The second-order valence-electron chi connectivity index (χ2n) is 5.33. The summed E-state index contributed by atoms with van der Waals surface area (Å²) in [6, 6.07) is 6.26. The molecule has 0 saturated carbocycles. The van der Waals surface area contributed by atoms with Gasteiger partial charge in [0.1, 0.15) is 0 Å². The first-order chi connectivity index (χ1) is 10.3. The van der Waals surface area contributed by atoms with E-state index in [0.29, 0.717) is 0 Å². The van der Waals surface area contributed by atoms with Crippen LogP contribution in [-0.4, -0.2) is 36.2 Å². The number of ether oxygens (including phenoxy) is 1. The van der Waals surface area contributed by atoms with Gasteiger partial charge in [-0.1, -0.05) is 34.1 Å². The van der Waals surface area contributed by atoms with Crippen molar-refractivity contribution in [3.63, 3.8) is 0 Å². The SMILES string of the molecule is C=CCOCC(NC(=O)C(C)(C)c1cccc(Br)c1)C(=O)O. The molecule has 0 aliphatic rings. The fourth-order valence-electron chi connectivity index (χ4n) is 1.79. The van der Waals surface area contributed by atoms with Crippen molar-refractivity contribution < 1.29 is 19.4 Å². The lowest BCUT2D eigenvalue weighted by molar-refractivity contribution is -0.144. The molecule has 0 saturated heterocycles. The predicted octanol–water partition coefficient (Wildman–Crippen LogP) is 2.50. The number of carbonyl (C=O) groups excluding carboxylic acids is 1. The number of hydrogen-bond donors (Lipinski definition) is 2. The summed E-state index contributed by atoms with van der Waals surface area (Å²) in [7, 11) is 0. The van der Waals surface area contributed by atoms with Gasteiger partial charge in [0.15, 0.2) is 6.04 Å². The van der Waals surface area contributed by atoms with Gasteiger partial charge in [-0.15, -0.1) is 6.58 Å². The highest BCUT2D eigenvalue weighted by molar-refractivity contribution is 9.10. The van der Waals surface area contributed by atoms with Crippen molar-refractivity contribution in [1.82, 2.24) is 5.32 Å². The minimum absolute atomic E-state index is 0.109. The Morgan fingerprint density at radius 2 is 2.18 bits per heavy atom. The Bertz CT molecular complexity index is 557. The van der Waals surface area contributed by atoms with Crippen LogP contribution in [0.1, 0.15) is 19.4 Å². The molecule has 0 aliphatic carbocycles. The molecule has 0 aromatic heterocycles. The van der Waals surface area contributed by atoms with E-state index in [1.54, 1.807) is 13.8 Å². The van der Waals surface area contributed by atoms with Crippen molar-refractivity contribution in [2.75, 3.05) is 13.2 Å². The largest absolute Gasteiger partial charge is 0.480 e. The smallest absolute Gasteiger partial charge is 0.328 e. The average Bonchev–Trinajstić information content (AvgIpc) is 2.46. The molecule has 1 aromatic rings. The van der Waals surface area contributed by atoms with Gasteiger partial charge in [-0.05, 0) is 31.5 Å². The third-order valence-electron chi connectivity index (χ3n) is 3.24. The van der Waals surface area contributed by atoms with Crippen molar-refractivity contribution in [3.8, 4) is 0 Å². The molecule has 22 heavy (non-hydrogen) atoms. The van der Waals surface area contributed by atoms with Gasteiger partial charge in [-0.2, -0.15) is 0 Å². The Kier molecular flexibility index (Phi) is 6.77. The highest BCUT2D eigenvalue weighted by Crippen LogP contribution is 2.26. The quantitative estimate of drug-likeness (QED) is 0.545. The van der Waals surface area contributed by atoms with E-state index in [-0.39, 0.29) is 19.1 Å². The molecular formula is C16H20BrNO4. The number of amides is 1. The van der Waals surface area contributed by atoms with E-state index >= 15 is 0 Å². The van der Waals surface area contributed by atoms with Crippen molar-refractivity contribution in [2.24, 2.45) is 0 Å². The zero-order valence-electron chi connectivity index (χ0n) is 12.6. The maximum absolute atomic E-state index is 12.5. The highest BCUT2D eigenvalue weighted by atomic mass is 79.9.